The maximum Gasteiger partial charge on any atom is 0.115 e. The Hall–Kier alpha value is -1.06. The SMILES string of the molecule is C=C(OCC)C(=C)C(c1cccs1)C(C)[NH3+]. The predicted molar refractivity (Wildman–Crippen MR) is 69.3 cm³/mol. The van der Waals surface area contributed by atoms with E-state index in [1.807, 2.05) is 13.0 Å². The molecule has 0 amide bonds. The molecule has 0 spiro atoms. The van der Waals surface area contributed by atoms with Crippen molar-refractivity contribution in [3.05, 3.63) is 46.9 Å². The van der Waals surface area contributed by atoms with Gasteiger partial charge in [0.25, 0.3) is 0 Å². The van der Waals surface area contributed by atoms with Gasteiger partial charge in [-0.2, -0.15) is 0 Å². The summed E-state index contributed by atoms with van der Waals surface area (Å²) in [5.41, 5.74) is 5.04. The maximum absolute atomic E-state index is 5.42. The highest BCUT2D eigenvalue weighted by atomic mass is 32.1. The van der Waals surface area contributed by atoms with Gasteiger partial charge in [0.15, 0.2) is 0 Å². The molecule has 0 aliphatic rings. The molecule has 0 saturated carbocycles. The van der Waals surface area contributed by atoms with E-state index < -0.39 is 0 Å². The molecule has 1 aromatic heterocycles. The Morgan fingerprint density at radius 3 is 2.69 bits per heavy atom. The van der Waals surface area contributed by atoms with Crippen molar-refractivity contribution in [2.75, 3.05) is 6.61 Å². The van der Waals surface area contributed by atoms with E-state index in [1.54, 1.807) is 11.3 Å². The van der Waals surface area contributed by atoms with Crippen LogP contribution >= 0.6 is 11.3 Å². The third-order valence-electron chi connectivity index (χ3n) is 2.47. The summed E-state index contributed by atoms with van der Waals surface area (Å²) in [6.07, 6.45) is 0. The third-order valence-corrected chi connectivity index (χ3v) is 3.43. The van der Waals surface area contributed by atoms with Crippen LogP contribution in [0, 0.1) is 0 Å². The first kappa shape index (κ1) is 13.0. The standard InChI is InChI=1S/C13H19NOS/c1-5-15-11(4)9(2)13(10(3)14)12-7-6-8-16-12/h6-8,10,13H,2,4-5,14H2,1,3H3/p+1. The smallest absolute Gasteiger partial charge is 0.115 e. The third kappa shape index (κ3) is 2.97. The molecule has 0 bridgehead atoms. The van der Waals surface area contributed by atoms with Gasteiger partial charge in [0, 0.05) is 10.5 Å². The number of quaternary nitrogens is 1. The number of hydrogen-bond acceptors (Lipinski definition) is 2. The van der Waals surface area contributed by atoms with E-state index >= 15 is 0 Å². The van der Waals surface area contributed by atoms with E-state index in [-0.39, 0.29) is 12.0 Å². The van der Waals surface area contributed by atoms with Gasteiger partial charge in [-0.1, -0.05) is 19.2 Å². The van der Waals surface area contributed by atoms with E-state index in [1.165, 1.54) is 4.88 Å². The molecule has 2 atom stereocenters. The summed E-state index contributed by atoms with van der Waals surface area (Å²) in [4.78, 5) is 1.27. The number of hydrogen-bond donors (Lipinski definition) is 1. The first-order chi connectivity index (χ1) is 7.57. The lowest BCUT2D eigenvalue weighted by Crippen LogP contribution is -2.62. The van der Waals surface area contributed by atoms with Gasteiger partial charge in [-0.3, -0.25) is 0 Å². The van der Waals surface area contributed by atoms with Gasteiger partial charge in [-0.05, 0) is 25.3 Å². The second-order valence-corrected chi connectivity index (χ2v) is 4.83. The van der Waals surface area contributed by atoms with Crippen molar-refractivity contribution in [1.82, 2.24) is 0 Å². The largest absolute Gasteiger partial charge is 0.494 e. The number of rotatable bonds is 6. The summed E-state index contributed by atoms with van der Waals surface area (Å²) in [7, 11) is 0. The van der Waals surface area contributed by atoms with Gasteiger partial charge in [0.2, 0.25) is 0 Å². The summed E-state index contributed by atoms with van der Waals surface area (Å²) in [5.74, 6) is 0.885. The summed E-state index contributed by atoms with van der Waals surface area (Å²) in [5, 5.41) is 2.07. The minimum atomic E-state index is 0.207. The van der Waals surface area contributed by atoms with Gasteiger partial charge in [0.1, 0.15) is 5.76 Å². The van der Waals surface area contributed by atoms with Gasteiger partial charge in [-0.15, -0.1) is 11.3 Å². The maximum atomic E-state index is 5.42. The van der Waals surface area contributed by atoms with Crippen molar-refractivity contribution in [3.63, 3.8) is 0 Å². The van der Waals surface area contributed by atoms with Gasteiger partial charge >= 0.3 is 0 Å². The molecule has 2 unspecified atom stereocenters. The number of allylic oxidation sites excluding steroid dienone is 1. The minimum absolute atomic E-state index is 0.207. The Morgan fingerprint density at radius 2 is 2.25 bits per heavy atom. The number of thiophene rings is 1. The van der Waals surface area contributed by atoms with Crippen LogP contribution in [-0.2, 0) is 4.74 Å². The van der Waals surface area contributed by atoms with E-state index in [0.717, 1.165) is 5.57 Å². The summed E-state index contributed by atoms with van der Waals surface area (Å²) in [6.45, 7) is 12.7. The molecule has 88 valence electrons. The van der Waals surface area contributed by atoms with Crippen molar-refractivity contribution in [2.24, 2.45) is 0 Å². The monoisotopic (exact) mass is 238 g/mol. The lowest BCUT2D eigenvalue weighted by Gasteiger charge is -2.21. The molecule has 0 fully saturated rings. The Balaban J connectivity index is 2.87. The highest BCUT2D eigenvalue weighted by Gasteiger charge is 2.25. The zero-order chi connectivity index (χ0) is 12.1. The van der Waals surface area contributed by atoms with Crippen molar-refractivity contribution in [2.45, 2.75) is 25.8 Å². The van der Waals surface area contributed by atoms with E-state index in [0.29, 0.717) is 12.4 Å². The molecular formula is C13H20NOS+. The first-order valence-electron chi connectivity index (χ1n) is 5.45. The summed E-state index contributed by atoms with van der Waals surface area (Å²) < 4.78 is 5.42. The van der Waals surface area contributed by atoms with Gasteiger partial charge < -0.3 is 10.5 Å². The average molecular weight is 238 g/mol. The molecule has 2 nitrogen and oxygen atoms in total. The van der Waals surface area contributed by atoms with Crippen molar-refractivity contribution < 1.29 is 10.5 Å². The topological polar surface area (TPSA) is 36.9 Å². The van der Waals surface area contributed by atoms with E-state index in [4.69, 9.17) is 4.74 Å². The fraction of sp³-hybridized carbons (Fsp3) is 0.385. The highest BCUT2D eigenvalue weighted by molar-refractivity contribution is 7.10. The Kier molecular flexibility index (Phi) is 4.77. The predicted octanol–water partition coefficient (Wildman–Crippen LogP) is 2.57. The van der Waals surface area contributed by atoms with Gasteiger partial charge in [-0.25, -0.2) is 0 Å². The fourth-order valence-corrected chi connectivity index (χ4v) is 2.70. The lowest BCUT2D eigenvalue weighted by atomic mass is 9.91. The van der Waals surface area contributed by atoms with Gasteiger partial charge in [0.05, 0.1) is 18.6 Å². The molecule has 1 heterocycles. The second-order valence-electron chi connectivity index (χ2n) is 3.85. The van der Waals surface area contributed by atoms with Crippen molar-refractivity contribution in [3.8, 4) is 0 Å². The van der Waals surface area contributed by atoms with Crippen LogP contribution in [0.5, 0.6) is 0 Å². The van der Waals surface area contributed by atoms with Crippen LogP contribution < -0.4 is 5.73 Å². The molecule has 1 rings (SSSR count). The lowest BCUT2D eigenvalue weighted by molar-refractivity contribution is -0.417. The van der Waals surface area contributed by atoms with E-state index in [2.05, 4.69) is 37.3 Å². The van der Waals surface area contributed by atoms with E-state index in [9.17, 15) is 0 Å². The average Bonchev–Trinajstić information content (AvgIpc) is 2.71. The molecule has 0 aliphatic heterocycles. The quantitative estimate of drug-likeness (QED) is 0.600. The van der Waals surface area contributed by atoms with Crippen LogP contribution in [0.25, 0.3) is 0 Å². The molecule has 0 saturated heterocycles. The Bertz CT molecular complexity index is 354. The van der Waals surface area contributed by atoms with Crippen LogP contribution in [0.3, 0.4) is 0 Å². The Labute approximate surface area is 101 Å². The van der Waals surface area contributed by atoms with Crippen LogP contribution in [0.2, 0.25) is 0 Å². The zero-order valence-corrected chi connectivity index (χ0v) is 10.8. The summed E-state index contributed by atoms with van der Waals surface area (Å²) >= 11 is 1.73. The second kappa shape index (κ2) is 5.87. The molecule has 0 aliphatic carbocycles. The Morgan fingerprint density at radius 1 is 1.56 bits per heavy atom. The van der Waals surface area contributed by atoms with Crippen LogP contribution in [0.1, 0.15) is 24.6 Å². The number of ether oxygens (including phenoxy) is 1. The first-order valence-corrected chi connectivity index (χ1v) is 6.33. The normalized spacial score (nSPS) is 14.2. The van der Waals surface area contributed by atoms with Crippen LogP contribution in [0.4, 0.5) is 0 Å². The van der Waals surface area contributed by atoms with Crippen LogP contribution in [-0.4, -0.2) is 12.6 Å². The fourth-order valence-electron chi connectivity index (χ4n) is 1.70. The molecule has 3 heteroatoms. The molecule has 0 aromatic carbocycles. The minimum Gasteiger partial charge on any atom is -0.494 e. The summed E-state index contributed by atoms with van der Waals surface area (Å²) in [6, 6.07) is 4.41. The molecule has 1 aromatic rings. The molecule has 16 heavy (non-hydrogen) atoms. The zero-order valence-electron chi connectivity index (χ0n) is 10.0. The molecule has 3 N–H and O–H groups in total. The van der Waals surface area contributed by atoms with Crippen molar-refractivity contribution in [1.29, 1.82) is 0 Å². The molecule has 0 radical (unpaired) electrons. The molecular weight excluding hydrogens is 218 g/mol. The highest BCUT2D eigenvalue weighted by Crippen LogP contribution is 2.32. The van der Waals surface area contributed by atoms with Crippen LogP contribution in [0.15, 0.2) is 42.0 Å². The van der Waals surface area contributed by atoms with Crippen molar-refractivity contribution >= 4 is 11.3 Å².